The van der Waals surface area contributed by atoms with Gasteiger partial charge in [-0.25, -0.2) is 0 Å². The minimum atomic E-state index is -0.109. The molecule has 7 nitrogen and oxygen atoms in total. The average Bonchev–Trinajstić information content (AvgIpc) is 3.39. The number of piperazine rings is 1. The average molecular weight is 439 g/mol. The van der Waals surface area contributed by atoms with Crippen molar-refractivity contribution in [2.24, 2.45) is 11.8 Å². The highest BCUT2D eigenvalue weighted by Gasteiger charge is 2.40. The molecule has 4 aliphatic rings. The number of hydrogen-bond donors (Lipinski definition) is 1. The molecule has 4 saturated heterocycles. The summed E-state index contributed by atoms with van der Waals surface area (Å²) in [4.78, 5) is 19.9. The van der Waals surface area contributed by atoms with Gasteiger partial charge in [0.05, 0.1) is 19.1 Å². The Morgan fingerprint density at radius 3 is 2.69 bits per heavy atom. The van der Waals surface area contributed by atoms with Crippen LogP contribution in [0.15, 0.2) is 47.1 Å². The summed E-state index contributed by atoms with van der Waals surface area (Å²) in [6.45, 7) is 8.50. The van der Waals surface area contributed by atoms with E-state index >= 15 is 0 Å². The molecule has 1 unspecified atom stereocenters. The number of fused-ring (bicyclic) bond motifs is 3. The Balaban J connectivity index is 1.10. The Bertz CT molecular complexity index is 894. The fourth-order valence-corrected chi connectivity index (χ4v) is 5.77. The number of carbonyl (C=O) groups excluding carboxylic acids is 1. The molecule has 0 spiro atoms. The summed E-state index contributed by atoms with van der Waals surface area (Å²) in [6, 6.07) is 12.2. The zero-order chi connectivity index (χ0) is 21.9. The number of ether oxygens (including phenoxy) is 1. The number of amides is 1. The largest absolute Gasteiger partial charge is 0.495 e. The zero-order valence-electron chi connectivity index (χ0n) is 18.9. The molecule has 7 heteroatoms. The van der Waals surface area contributed by atoms with Gasteiger partial charge in [-0.2, -0.15) is 0 Å². The third-order valence-corrected chi connectivity index (χ3v) is 7.55. The minimum absolute atomic E-state index is 0.109. The van der Waals surface area contributed by atoms with Gasteiger partial charge in [0.2, 0.25) is 0 Å². The molecular formula is C25H34N4O3. The molecule has 1 amide bonds. The Hall–Kier alpha value is -2.51. The lowest BCUT2D eigenvalue weighted by Crippen LogP contribution is -2.59. The molecular weight excluding hydrogens is 404 g/mol. The van der Waals surface area contributed by atoms with Crippen molar-refractivity contribution in [3.8, 4) is 5.75 Å². The first-order valence-electron chi connectivity index (χ1n) is 11.9. The van der Waals surface area contributed by atoms with E-state index in [1.54, 1.807) is 25.5 Å². The Kier molecular flexibility index (Phi) is 6.37. The summed E-state index contributed by atoms with van der Waals surface area (Å²) in [7, 11) is 1.75. The number of benzene rings is 1. The van der Waals surface area contributed by atoms with E-state index < -0.39 is 0 Å². The number of piperidine rings is 3. The topological polar surface area (TPSA) is 61.2 Å². The molecule has 1 aromatic heterocycles. The van der Waals surface area contributed by atoms with Gasteiger partial charge in [-0.3, -0.25) is 14.6 Å². The third kappa shape index (κ3) is 4.50. The molecule has 1 aromatic carbocycles. The number of para-hydroxylation sites is 2. The Labute approximate surface area is 190 Å². The van der Waals surface area contributed by atoms with Gasteiger partial charge in [-0.05, 0) is 55.5 Å². The van der Waals surface area contributed by atoms with Crippen molar-refractivity contribution in [1.29, 1.82) is 0 Å². The second-order valence-corrected chi connectivity index (χ2v) is 9.34. The molecule has 4 atom stereocenters. The van der Waals surface area contributed by atoms with Gasteiger partial charge in [0.1, 0.15) is 5.75 Å². The SMILES string of the molecule is COc1ccccc1N1CCN(C[C@@H]2CN3CC[C@H]2C[C@@H]3CNC(=O)c2ccco2)CC1. The maximum atomic E-state index is 12.2. The second kappa shape index (κ2) is 9.55. The van der Waals surface area contributed by atoms with E-state index in [2.05, 4.69) is 32.1 Å². The lowest BCUT2D eigenvalue weighted by Gasteiger charge is -2.51. The van der Waals surface area contributed by atoms with Crippen LogP contribution in [0.1, 0.15) is 23.4 Å². The van der Waals surface area contributed by atoms with Crippen LogP contribution in [-0.2, 0) is 0 Å². The molecule has 1 N–H and O–H groups in total. The first-order chi connectivity index (χ1) is 15.7. The predicted molar refractivity (Wildman–Crippen MR) is 124 cm³/mol. The molecule has 172 valence electrons. The van der Waals surface area contributed by atoms with Gasteiger partial charge in [0, 0.05) is 51.9 Å². The fraction of sp³-hybridized carbons (Fsp3) is 0.560. The first kappa shape index (κ1) is 21.3. The van der Waals surface area contributed by atoms with Crippen LogP contribution in [0.2, 0.25) is 0 Å². The number of nitrogens with zero attached hydrogens (tertiary/aromatic N) is 3. The highest BCUT2D eigenvalue weighted by Crippen LogP contribution is 2.37. The van der Waals surface area contributed by atoms with Crippen molar-refractivity contribution >= 4 is 11.6 Å². The molecule has 0 radical (unpaired) electrons. The fourth-order valence-electron chi connectivity index (χ4n) is 5.77. The van der Waals surface area contributed by atoms with E-state index in [1.165, 1.54) is 25.1 Å². The summed E-state index contributed by atoms with van der Waals surface area (Å²) in [5, 5.41) is 3.07. The van der Waals surface area contributed by atoms with Crippen molar-refractivity contribution in [3.63, 3.8) is 0 Å². The van der Waals surface area contributed by atoms with Gasteiger partial charge in [0.15, 0.2) is 5.76 Å². The summed E-state index contributed by atoms with van der Waals surface area (Å²) in [6.07, 6.45) is 4.01. The monoisotopic (exact) mass is 438 g/mol. The van der Waals surface area contributed by atoms with Crippen molar-refractivity contribution in [3.05, 3.63) is 48.4 Å². The second-order valence-electron chi connectivity index (χ2n) is 9.34. The van der Waals surface area contributed by atoms with Crippen LogP contribution in [0.4, 0.5) is 5.69 Å². The van der Waals surface area contributed by atoms with Crippen LogP contribution in [-0.4, -0.2) is 81.2 Å². The molecule has 0 saturated carbocycles. The van der Waals surface area contributed by atoms with E-state index in [1.807, 2.05) is 12.1 Å². The molecule has 5 heterocycles. The van der Waals surface area contributed by atoms with Crippen LogP contribution in [0.3, 0.4) is 0 Å². The zero-order valence-corrected chi connectivity index (χ0v) is 18.9. The molecule has 2 aromatic rings. The quantitative estimate of drug-likeness (QED) is 0.717. The molecule has 0 aliphatic carbocycles. The van der Waals surface area contributed by atoms with E-state index in [0.717, 1.165) is 56.9 Å². The van der Waals surface area contributed by atoms with Crippen LogP contribution < -0.4 is 15.0 Å². The Morgan fingerprint density at radius 1 is 1.12 bits per heavy atom. The smallest absolute Gasteiger partial charge is 0.287 e. The van der Waals surface area contributed by atoms with Gasteiger partial charge in [-0.15, -0.1) is 0 Å². The predicted octanol–water partition coefficient (Wildman–Crippen LogP) is 2.55. The highest BCUT2D eigenvalue weighted by molar-refractivity contribution is 5.91. The lowest BCUT2D eigenvalue weighted by molar-refractivity contribution is -0.0121. The highest BCUT2D eigenvalue weighted by atomic mass is 16.5. The summed E-state index contributed by atoms with van der Waals surface area (Å²) < 4.78 is 10.8. The standard InChI is InChI=1S/C25H34N4O3/c1-31-23-6-3-2-5-22(23)28-12-10-27(11-13-28)17-20-18-29-9-8-19(20)15-21(29)16-26-25(30)24-7-4-14-32-24/h2-7,14,19-21H,8-13,15-18H2,1H3,(H,26,30)/t19-,20+,21+/m0/s1. The number of furan rings is 1. The van der Waals surface area contributed by atoms with E-state index in [9.17, 15) is 4.79 Å². The van der Waals surface area contributed by atoms with Crippen LogP contribution in [0.5, 0.6) is 5.75 Å². The number of rotatable bonds is 7. The molecule has 6 rings (SSSR count). The van der Waals surface area contributed by atoms with E-state index in [0.29, 0.717) is 18.3 Å². The van der Waals surface area contributed by atoms with Crippen LogP contribution in [0.25, 0.3) is 0 Å². The van der Waals surface area contributed by atoms with Gasteiger partial charge in [0.25, 0.3) is 5.91 Å². The first-order valence-corrected chi connectivity index (χ1v) is 11.9. The third-order valence-electron chi connectivity index (χ3n) is 7.55. The van der Waals surface area contributed by atoms with Crippen LogP contribution >= 0.6 is 0 Å². The Morgan fingerprint density at radius 2 is 1.97 bits per heavy atom. The summed E-state index contributed by atoms with van der Waals surface area (Å²) >= 11 is 0. The number of nitrogens with one attached hydrogen (secondary N) is 1. The molecule has 2 bridgehead atoms. The molecule has 4 aliphatic heterocycles. The summed E-state index contributed by atoms with van der Waals surface area (Å²) in [5.74, 6) is 2.74. The van der Waals surface area contributed by atoms with Gasteiger partial charge in [-0.1, -0.05) is 12.1 Å². The van der Waals surface area contributed by atoms with E-state index in [4.69, 9.17) is 9.15 Å². The maximum Gasteiger partial charge on any atom is 0.287 e. The van der Waals surface area contributed by atoms with Gasteiger partial charge < -0.3 is 19.4 Å². The number of hydrogen-bond acceptors (Lipinski definition) is 6. The van der Waals surface area contributed by atoms with Crippen molar-refractivity contribution in [2.75, 3.05) is 64.4 Å². The normalized spacial score (nSPS) is 28.0. The lowest BCUT2D eigenvalue weighted by atomic mass is 9.75. The maximum absolute atomic E-state index is 12.2. The molecule has 4 fully saturated rings. The number of carbonyl (C=O) groups is 1. The number of methoxy groups -OCH3 is 1. The van der Waals surface area contributed by atoms with Crippen molar-refractivity contribution < 1.29 is 13.9 Å². The summed E-state index contributed by atoms with van der Waals surface area (Å²) in [5.41, 5.74) is 1.21. The van der Waals surface area contributed by atoms with Gasteiger partial charge >= 0.3 is 0 Å². The van der Waals surface area contributed by atoms with Crippen LogP contribution in [0, 0.1) is 11.8 Å². The van der Waals surface area contributed by atoms with Crippen molar-refractivity contribution in [1.82, 2.24) is 15.1 Å². The number of anilines is 1. The van der Waals surface area contributed by atoms with Crippen molar-refractivity contribution in [2.45, 2.75) is 18.9 Å². The molecule has 32 heavy (non-hydrogen) atoms. The minimum Gasteiger partial charge on any atom is -0.495 e. The van der Waals surface area contributed by atoms with E-state index in [-0.39, 0.29) is 5.91 Å².